The molecule has 1 amide bonds. The van der Waals surface area contributed by atoms with Crippen molar-refractivity contribution in [1.82, 2.24) is 10.4 Å². The molecule has 1 aromatic heterocycles. The maximum atomic E-state index is 12.9. The van der Waals surface area contributed by atoms with Crippen molar-refractivity contribution in [3.8, 4) is 11.3 Å². The Labute approximate surface area is 189 Å². The summed E-state index contributed by atoms with van der Waals surface area (Å²) in [5, 5.41) is 5.40. The fourth-order valence-electron chi connectivity index (χ4n) is 3.18. The molecule has 0 aliphatic carbocycles. The van der Waals surface area contributed by atoms with Gasteiger partial charge in [0.25, 0.3) is 5.91 Å². The number of hydrogen-bond acceptors (Lipinski definition) is 5. The Morgan fingerprint density at radius 2 is 1.72 bits per heavy atom. The van der Waals surface area contributed by atoms with Crippen LogP contribution in [0.1, 0.15) is 26.3 Å². The quantitative estimate of drug-likeness (QED) is 0.264. The van der Waals surface area contributed by atoms with Crippen molar-refractivity contribution in [1.29, 1.82) is 0 Å². The second-order valence-electron chi connectivity index (χ2n) is 6.89. The van der Waals surface area contributed by atoms with Crippen molar-refractivity contribution in [2.75, 3.05) is 7.11 Å². The highest BCUT2D eigenvalue weighted by molar-refractivity contribution is 6.30. The molecule has 0 unspecified atom stereocenters. The summed E-state index contributed by atoms with van der Waals surface area (Å²) in [5.74, 6) is -0.774. The van der Waals surface area contributed by atoms with Gasteiger partial charge in [-0.25, -0.2) is 15.2 Å². The lowest BCUT2D eigenvalue weighted by Gasteiger charge is -2.09. The number of aromatic nitrogens is 1. The van der Waals surface area contributed by atoms with Gasteiger partial charge in [-0.15, -0.1) is 0 Å². The summed E-state index contributed by atoms with van der Waals surface area (Å²) < 4.78 is 4.68. The average molecular weight is 444 g/mol. The van der Waals surface area contributed by atoms with Crippen molar-refractivity contribution < 1.29 is 14.3 Å². The molecule has 0 saturated heterocycles. The van der Waals surface area contributed by atoms with Crippen LogP contribution in [-0.2, 0) is 4.74 Å². The van der Waals surface area contributed by atoms with Gasteiger partial charge < -0.3 is 4.74 Å². The standard InChI is InChI=1S/C25H18ClN3O3/c1-32-25(31)18-8-6-16(7-9-18)15-27-29-24(30)21-14-23(17-10-12-19(26)13-11-17)28-22-5-3-2-4-20(21)22/h2-15H,1H3,(H,29,30)/b27-15-. The lowest BCUT2D eigenvalue weighted by molar-refractivity contribution is 0.0600. The van der Waals surface area contributed by atoms with Gasteiger partial charge >= 0.3 is 5.97 Å². The zero-order chi connectivity index (χ0) is 22.5. The van der Waals surface area contributed by atoms with E-state index in [9.17, 15) is 9.59 Å². The largest absolute Gasteiger partial charge is 0.465 e. The van der Waals surface area contributed by atoms with Gasteiger partial charge in [-0.1, -0.05) is 54.1 Å². The summed E-state index contributed by atoms with van der Waals surface area (Å²) in [5.41, 5.74) is 6.39. The molecule has 1 N–H and O–H groups in total. The predicted octanol–water partition coefficient (Wildman–Crippen LogP) is 5.11. The van der Waals surface area contributed by atoms with Gasteiger partial charge in [0.2, 0.25) is 0 Å². The number of esters is 1. The Morgan fingerprint density at radius 1 is 1.00 bits per heavy atom. The zero-order valence-electron chi connectivity index (χ0n) is 17.1. The highest BCUT2D eigenvalue weighted by Crippen LogP contribution is 2.26. The van der Waals surface area contributed by atoms with Gasteiger partial charge in [-0.2, -0.15) is 5.10 Å². The van der Waals surface area contributed by atoms with Crippen LogP contribution in [0, 0.1) is 0 Å². The minimum atomic E-state index is -0.414. The second-order valence-corrected chi connectivity index (χ2v) is 7.33. The molecule has 7 heteroatoms. The van der Waals surface area contributed by atoms with Gasteiger partial charge in [0.15, 0.2) is 0 Å². The maximum Gasteiger partial charge on any atom is 0.337 e. The van der Waals surface area contributed by atoms with Crippen LogP contribution in [-0.4, -0.2) is 30.2 Å². The molecule has 3 aromatic carbocycles. The van der Waals surface area contributed by atoms with Gasteiger partial charge in [-0.05, 0) is 42.0 Å². The predicted molar refractivity (Wildman–Crippen MR) is 125 cm³/mol. The summed E-state index contributed by atoms with van der Waals surface area (Å²) in [7, 11) is 1.33. The van der Waals surface area contributed by atoms with Crippen molar-refractivity contribution >= 4 is 40.6 Å². The second kappa shape index (κ2) is 9.41. The summed E-state index contributed by atoms with van der Waals surface area (Å²) >= 11 is 5.99. The van der Waals surface area contributed by atoms with E-state index in [1.54, 1.807) is 42.5 Å². The van der Waals surface area contributed by atoms with E-state index < -0.39 is 5.97 Å². The number of fused-ring (bicyclic) bond motifs is 1. The molecule has 0 bridgehead atoms. The monoisotopic (exact) mass is 443 g/mol. The van der Waals surface area contributed by atoms with Crippen LogP contribution in [0.5, 0.6) is 0 Å². The molecular weight excluding hydrogens is 426 g/mol. The van der Waals surface area contributed by atoms with Crippen molar-refractivity contribution in [3.63, 3.8) is 0 Å². The first-order valence-electron chi connectivity index (χ1n) is 9.72. The summed E-state index contributed by atoms with van der Waals surface area (Å²) in [6, 6.07) is 23.1. The van der Waals surface area contributed by atoms with Crippen LogP contribution < -0.4 is 5.43 Å². The number of benzene rings is 3. The van der Waals surface area contributed by atoms with E-state index in [1.807, 2.05) is 36.4 Å². The van der Waals surface area contributed by atoms with E-state index in [0.717, 1.165) is 16.5 Å². The molecular formula is C25H18ClN3O3. The third-order valence-electron chi connectivity index (χ3n) is 4.81. The Bertz CT molecular complexity index is 1320. The molecule has 4 rings (SSSR count). The molecule has 0 radical (unpaired) electrons. The van der Waals surface area contributed by atoms with Crippen molar-refractivity contribution in [2.45, 2.75) is 0 Å². The van der Waals surface area contributed by atoms with Crippen LogP contribution in [0.4, 0.5) is 0 Å². The number of hydrazone groups is 1. The number of carbonyl (C=O) groups excluding carboxylic acids is 2. The SMILES string of the molecule is COC(=O)c1ccc(/C=N\NC(=O)c2cc(-c3ccc(Cl)cc3)nc3ccccc23)cc1. The summed E-state index contributed by atoms with van der Waals surface area (Å²) in [6.45, 7) is 0. The zero-order valence-corrected chi connectivity index (χ0v) is 17.8. The van der Waals surface area contributed by atoms with E-state index in [0.29, 0.717) is 27.4 Å². The number of amides is 1. The van der Waals surface area contributed by atoms with Gasteiger partial charge in [-0.3, -0.25) is 4.79 Å². The molecule has 0 fully saturated rings. The Morgan fingerprint density at radius 3 is 2.44 bits per heavy atom. The van der Waals surface area contributed by atoms with E-state index in [-0.39, 0.29) is 5.91 Å². The third-order valence-corrected chi connectivity index (χ3v) is 5.06. The fourth-order valence-corrected chi connectivity index (χ4v) is 3.31. The number of pyridine rings is 1. The lowest BCUT2D eigenvalue weighted by Crippen LogP contribution is -2.18. The normalized spacial score (nSPS) is 10.9. The van der Waals surface area contributed by atoms with Crippen LogP contribution >= 0.6 is 11.6 Å². The van der Waals surface area contributed by atoms with E-state index in [2.05, 4.69) is 20.2 Å². The smallest absolute Gasteiger partial charge is 0.337 e. The van der Waals surface area contributed by atoms with E-state index in [4.69, 9.17) is 11.6 Å². The minimum Gasteiger partial charge on any atom is -0.465 e. The Hall–Kier alpha value is -4.03. The van der Waals surface area contributed by atoms with Gasteiger partial charge in [0, 0.05) is 16.0 Å². The maximum absolute atomic E-state index is 12.9. The molecule has 0 spiro atoms. The number of rotatable bonds is 5. The minimum absolute atomic E-state index is 0.360. The number of para-hydroxylation sites is 1. The number of methoxy groups -OCH3 is 1. The molecule has 0 aliphatic rings. The summed E-state index contributed by atoms with van der Waals surface area (Å²) in [4.78, 5) is 29.1. The number of nitrogens with zero attached hydrogens (tertiary/aromatic N) is 2. The average Bonchev–Trinajstić information content (AvgIpc) is 2.83. The van der Waals surface area contributed by atoms with Crippen LogP contribution in [0.25, 0.3) is 22.2 Å². The van der Waals surface area contributed by atoms with Crippen LogP contribution in [0.15, 0.2) is 84.0 Å². The number of hydrogen-bond donors (Lipinski definition) is 1. The molecule has 1 heterocycles. The molecule has 0 atom stereocenters. The first-order valence-corrected chi connectivity index (χ1v) is 10.1. The van der Waals surface area contributed by atoms with Crippen LogP contribution in [0.3, 0.4) is 0 Å². The van der Waals surface area contributed by atoms with E-state index >= 15 is 0 Å². The topological polar surface area (TPSA) is 80.6 Å². The molecule has 6 nitrogen and oxygen atoms in total. The number of nitrogens with one attached hydrogen (secondary N) is 1. The van der Waals surface area contributed by atoms with Crippen molar-refractivity contribution in [3.05, 3.63) is 101 Å². The van der Waals surface area contributed by atoms with E-state index in [1.165, 1.54) is 13.3 Å². The fraction of sp³-hybridized carbons (Fsp3) is 0.0400. The number of halogens is 1. The van der Waals surface area contributed by atoms with Crippen LogP contribution in [0.2, 0.25) is 5.02 Å². The molecule has 0 aliphatic heterocycles. The highest BCUT2D eigenvalue weighted by Gasteiger charge is 2.13. The number of carbonyl (C=O) groups is 2. The third kappa shape index (κ3) is 4.66. The number of ether oxygens (including phenoxy) is 1. The van der Waals surface area contributed by atoms with Gasteiger partial charge in [0.1, 0.15) is 0 Å². The highest BCUT2D eigenvalue weighted by atomic mass is 35.5. The first-order chi connectivity index (χ1) is 15.5. The molecule has 0 saturated carbocycles. The molecule has 32 heavy (non-hydrogen) atoms. The summed E-state index contributed by atoms with van der Waals surface area (Å²) in [6.07, 6.45) is 1.50. The lowest BCUT2D eigenvalue weighted by atomic mass is 10.0. The Kier molecular flexibility index (Phi) is 6.24. The first kappa shape index (κ1) is 21.2. The van der Waals surface area contributed by atoms with Gasteiger partial charge in [0.05, 0.1) is 35.7 Å². The Balaban J connectivity index is 1.59. The van der Waals surface area contributed by atoms with Crippen molar-refractivity contribution in [2.24, 2.45) is 5.10 Å². The molecule has 158 valence electrons. The molecule has 4 aromatic rings.